The highest BCUT2D eigenvalue weighted by Gasteiger charge is 2.31. The fraction of sp³-hybridized carbons (Fsp3) is 0.250. The molecule has 1 aliphatic heterocycles. The number of anilines is 1. The first-order valence-corrected chi connectivity index (χ1v) is 9.98. The van der Waals surface area contributed by atoms with E-state index in [0.717, 1.165) is 30.3 Å². The number of aromatic nitrogens is 1. The van der Waals surface area contributed by atoms with E-state index in [-0.39, 0.29) is 6.04 Å². The Hall–Kier alpha value is -2.51. The van der Waals surface area contributed by atoms with Gasteiger partial charge in [0.1, 0.15) is 17.5 Å². The van der Waals surface area contributed by atoms with Gasteiger partial charge in [-0.25, -0.2) is 0 Å². The van der Waals surface area contributed by atoms with Crippen LogP contribution in [0.15, 0.2) is 54.0 Å². The molecule has 3 heterocycles. The summed E-state index contributed by atoms with van der Waals surface area (Å²) in [7, 11) is 3.30. The molecule has 7 heteroatoms. The van der Waals surface area contributed by atoms with Crippen LogP contribution >= 0.6 is 23.6 Å². The topological polar surface area (TPSA) is 38.7 Å². The van der Waals surface area contributed by atoms with Crippen molar-refractivity contribution < 1.29 is 9.47 Å². The molecule has 4 rings (SSSR count). The van der Waals surface area contributed by atoms with Gasteiger partial charge in [0.05, 0.1) is 19.9 Å². The Morgan fingerprint density at radius 3 is 2.78 bits per heavy atom. The monoisotopic (exact) mass is 399 g/mol. The highest BCUT2D eigenvalue weighted by molar-refractivity contribution is 7.80. The van der Waals surface area contributed by atoms with Gasteiger partial charge < -0.3 is 24.3 Å². The molecule has 1 aliphatic rings. The Balaban J connectivity index is 1.65. The van der Waals surface area contributed by atoms with Crippen LogP contribution in [-0.2, 0) is 6.54 Å². The molecule has 5 nitrogen and oxygen atoms in total. The Morgan fingerprint density at radius 1 is 1.15 bits per heavy atom. The van der Waals surface area contributed by atoms with Gasteiger partial charge in [0.25, 0.3) is 0 Å². The number of rotatable bonds is 4. The van der Waals surface area contributed by atoms with Crippen LogP contribution in [0.1, 0.15) is 16.6 Å². The van der Waals surface area contributed by atoms with Crippen LogP contribution in [0.3, 0.4) is 0 Å². The van der Waals surface area contributed by atoms with Crippen LogP contribution in [0.5, 0.6) is 11.5 Å². The number of benzene rings is 1. The van der Waals surface area contributed by atoms with E-state index in [1.54, 1.807) is 25.6 Å². The highest BCUT2D eigenvalue weighted by atomic mass is 32.1. The van der Waals surface area contributed by atoms with Crippen molar-refractivity contribution in [2.45, 2.75) is 12.6 Å². The molecule has 1 N–H and O–H groups in total. The maximum absolute atomic E-state index is 5.81. The van der Waals surface area contributed by atoms with Crippen molar-refractivity contribution in [3.63, 3.8) is 0 Å². The molecule has 2 aromatic heterocycles. The maximum atomic E-state index is 5.81. The summed E-state index contributed by atoms with van der Waals surface area (Å²) in [5.74, 6) is 1.48. The van der Waals surface area contributed by atoms with Gasteiger partial charge in [0.2, 0.25) is 0 Å². The summed E-state index contributed by atoms with van der Waals surface area (Å²) in [5.41, 5.74) is 2.05. The zero-order valence-corrected chi connectivity index (χ0v) is 16.8. The first-order chi connectivity index (χ1) is 13.2. The molecule has 3 aromatic rings. The van der Waals surface area contributed by atoms with Crippen molar-refractivity contribution in [3.05, 3.63) is 64.6 Å². The zero-order valence-electron chi connectivity index (χ0n) is 15.2. The lowest BCUT2D eigenvalue weighted by Crippen LogP contribution is -2.44. The number of ether oxygens (including phenoxy) is 2. The van der Waals surface area contributed by atoms with Crippen molar-refractivity contribution in [2.75, 3.05) is 26.1 Å². The number of nitrogens with one attached hydrogen (secondary N) is 1. The van der Waals surface area contributed by atoms with E-state index in [0.29, 0.717) is 5.11 Å². The predicted molar refractivity (Wildman–Crippen MR) is 113 cm³/mol. The first-order valence-electron chi connectivity index (χ1n) is 8.69. The lowest BCUT2D eigenvalue weighted by Gasteiger charge is -2.38. The molecule has 0 fully saturated rings. The predicted octanol–water partition coefficient (Wildman–Crippen LogP) is 4.37. The molecule has 140 valence electrons. The second-order valence-corrected chi connectivity index (χ2v) is 7.60. The van der Waals surface area contributed by atoms with Crippen LogP contribution in [0.25, 0.3) is 0 Å². The molecular weight excluding hydrogens is 378 g/mol. The van der Waals surface area contributed by atoms with Gasteiger partial charge in [0, 0.05) is 35.9 Å². The standard InChI is InChI=1S/C20H21N3O2S2/c1-24-14-7-8-17(25-2)15(13-14)21-20(26)23-11-10-22-9-3-5-16(22)19(23)18-6-4-12-27-18/h3-9,12-13,19H,10-11H2,1-2H3,(H,21,26). The summed E-state index contributed by atoms with van der Waals surface area (Å²) in [4.78, 5) is 3.52. The van der Waals surface area contributed by atoms with Gasteiger partial charge in [0.15, 0.2) is 5.11 Å². The third-order valence-electron chi connectivity index (χ3n) is 4.76. The molecule has 0 saturated carbocycles. The Bertz CT molecular complexity index is 937. The number of hydrogen-bond donors (Lipinski definition) is 1. The highest BCUT2D eigenvalue weighted by Crippen LogP contribution is 2.36. The second kappa shape index (κ2) is 7.62. The van der Waals surface area contributed by atoms with Crippen LogP contribution in [0.4, 0.5) is 5.69 Å². The minimum atomic E-state index is 0.102. The molecule has 1 aromatic carbocycles. The van der Waals surface area contributed by atoms with E-state index >= 15 is 0 Å². The largest absolute Gasteiger partial charge is 0.497 e. The fourth-order valence-electron chi connectivity index (χ4n) is 3.45. The molecule has 0 spiro atoms. The quantitative estimate of drug-likeness (QED) is 0.660. The van der Waals surface area contributed by atoms with Crippen molar-refractivity contribution in [1.82, 2.24) is 9.47 Å². The SMILES string of the molecule is COc1ccc(OC)c(NC(=S)N2CCn3cccc3C2c2cccs2)c1. The molecule has 1 unspecified atom stereocenters. The number of methoxy groups -OCH3 is 2. The first kappa shape index (κ1) is 17.9. The van der Waals surface area contributed by atoms with Gasteiger partial charge in [-0.15, -0.1) is 11.3 Å². The number of nitrogens with zero attached hydrogens (tertiary/aromatic N) is 2. The second-order valence-electron chi connectivity index (χ2n) is 6.23. The van der Waals surface area contributed by atoms with Gasteiger partial charge in [-0.2, -0.15) is 0 Å². The molecule has 0 saturated heterocycles. The number of thiophene rings is 1. The summed E-state index contributed by atoms with van der Waals surface area (Å²) in [6, 6.07) is 14.3. The molecule has 0 radical (unpaired) electrons. The van der Waals surface area contributed by atoms with E-state index in [4.69, 9.17) is 21.7 Å². The minimum Gasteiger partial charge on any atom is -0.497 e. The summed E-state index contributed by atoms with van der Waals surface area (Å²) in [5, 5.41) is 6.15. The molecule has 0 aliphatic carbocycles. The van der Waals surface area contributed by atoms with Crippen LogP contribution in [0, 0.1) is 0 Å². The van der Waals surface area contributed by atoms with E-state index in [1.807, 2.05) is 18.2 Å². The number of fused-ring (bicyclic) bond motifs is 1. The molecular formula is C20H21N3O2S2. The molecule has 0 bridgehead atoms. The van der Waals surface area contributed by atoms with Crippen LogP contribution < -0.4 is 14.8 Å². The normalized spacial score (nSPS) is 15.9. The maximum Gasteiger partial charge on any atom is 0.174 e. The minimum absolute atomic E-state index is 0.102. The van der Waals surface area contributed by atoms with Crippen molar-refractivity contribution in [2.24, 2.45) is 0 Å². The van der Waals surface area contributed by atoms with Crippen LogP contribution in [-0.4, -0.2) is 35.3 Å². The average Bonchev–Trinajstić information content (AvgIpc) is 3.38. The van der Waals surface area contributed by atoms with Crippen molar-refractivity contribution >= 4 is 34.4 Å². The van der Waals surface area contributed by atoms with Gasteiger partial charge in [-0.05, 0) is 47.9 Å². The number of thiocarbonyl (C=S) groups is 1. The van der Waals surface area contributed by atoms with Gasteiger partial charge >= 0.3 is 0 Å². The van der Waals surface area contributed by atoms with Crippen molar-refractivity contribution in [1.29, 1.82) is 0 Å². The lowest BCUT2D eigenvalue weighted by atomic mass is 10.1. The summed E-state index contributed by atoms with van der Waals surface area (Å²) >= 11 is 7.56. The van der Waals surface area contributed by atoms with E-state index < -0.39 is 0 Å². The van der Waals surface area contributed by atoms with Crippen LogP contribution in [0.2, 0.25) is 0 Å². The third-order valence-corrected chi connectivity index (χ3v) is 6.02. The summed E-state index contributed by atoms with van der Waals surface area (Å²) < 4.78 is 13.1. The Labute approximate surface area is 168 Å². The van der Waals surface area contributed by atoms with E-state index in [1.165, 1.54) is 10.6 Å². The average molecular weight is 400 g/mol. The van der Waals surface area contributed by atoms with Crippen molar-refractivity contribution in [3.8, 4) is 11.5 Å². The van der Waals surface area contributed by atoms with E-state index in [9.17, 15) is 0 Å². The smallest absolute Gasteiger partial charge is 0.174 e. The fourth-order valence-corrected chi connectivity index (χ4v) is 4.60. The Kier molecular flexibility index (Phi) is 5.05. The van der Waals surface area contributed by atoms with Gasteiger partial charge in [-0.1, -0.05) is 6.07 Å². The van der Waals surface area contributed by atoms with Gasteiger partial charge in [-0.3, -0.25) is 0 Å². The molecule has 1 atom stereocenters. The molecule has 27 heavy (non-hydrogen) atoms. The number of hydrogen-bond acceptors (Lipinski definition) is 4. The molecule has 0 amide bonds. The zero-order chi connectivity index (χ0) is 18.8. The summed E-state index contributed by atoms with van der Waals surface area (Å²) in [6.45, 7) is 1.74. The Morgan fingerprint density at radius 2 is 2.04 bits per heavy atom. The van der Waals surface area contributed by atoms with E-state index in [2.05, 4.69) is 50.6 Å². The lowest BCUT2D eigenvalue weighted by molar-refractivity contribution is 0.296. The summed E-state index contributed by atoms with van der Waals surface area (Å²) in [6.07, 6.45) is 2.13. The third kappa shape index (κ3) is 3.40.